The van der Waals surface area contributed by atoms with Gasteiger partial charge in [-0.15, -0.1) is 0 Å². The third-order valence-corrected chi connectivity index (χ3v) is 4.82. The number of aliphatic hydroxyl groups is 1. The Morgan fingerprint density at radius 1 is 1.03 bits per heavy atom. The number of amides is 1. The van der Waals surface area contributed by atoms with Crippen molar-refractivity contribution in [1.82, 2.24) is 4.90 Å². The number of carbonyl (C=O) groups is 2. The van der Waals surface area contributed by atoms with Crippen molar-refractivity contribution in [2.45, 2.75) is 25.2 Å². The molecule has 1 aliphatic carbocycles. The second-order valence-electron chi connectivity index (χ2n) is 7.25. The maximum atomic E-state index is 12.6. The summed E-state index contributed by atoms with van der Waals surface area (Å²) in [6, 6.07) is 15.3. The number of carbonyl (C=O) groups excluding carboxylic acids is 2. The summed E-state index contributed by atoms with van der Waals surface area (Å²) in [6.45, 7) is 0.743. The van der Waals surface area contributed by atoms with Crippen molar-refractivity contribution in [3.05, 3.63) is 84.0 Å². The Kier molecular flexibility index (Phi) is 6.69. The van der Waals surface area contributed by atoms with E-state index in [9.17, 15) is 14.7 Å². The van der Waals surface area contributed by atoms with Gasteiger partial charge in [0.2, 0.25) is 5.91 Å². The van der Waals surface area contributed by atoms with Gasteiger partial charge in [-0.25, -0.2) is 0 Å². The van der Waals surface area contributed by atoms with E-state index in [2.05, 4.69) is 0 Å². The first kappa shape index (κ1) is 21.3. The molecule has 1 N–H and O–H groups in total. The molecule has 0 bridgehead atoms. The second-order valence-corrected chi connectivity index (χ2v) is 7.25. The lowest BCUT2D eigenvalue weighted by Gasteiger charge is -2.25. The number of allylic oxidation sites excluding steroid dienone is 2. The van der Waals surface area contributed by atoms with Crippen LogP contribution in [0.5, 0.6) is 11.5 Å². The van der Waals surface area contributed by atoms with Crippen molar-refractivity contribution in [3.63, 3.8) is 0 Å². The first-order valence-electron chi connectivity index (χ1n) is 9.61. The van der Waals surface area contributed by atoms with Crippen LogP contribution in [-0.4, -0.2) is 41.5 Å². The maximum absolute atomic E-state index is 12.6. The highest BCUT2D eigenvalue weighted by atomic mass is 16.5. The summed E-state index contributed by atoms with van der Waals surface area (Å²) < 4.78 is 11.3. The number of methoxy groups -OCH3 is 1. The smallest absolute Gasteiger partial charge is 0.226 e. The summed E-state index contributed by atoms with van der Waals surface area (Å²) in [7, 11) is 3.25. The molecule has 0 aromatic heterocycles. The van der Waals surface area contributed by atoms with Crippen molar-refractivity contribution in [2.75, 3.05) is 14.2 Å². The van der Waals surface area contributed by atoms with Crippen molar-refractivity contribution in [1.29, 1.82) is 0 Å². The predicted octanol–water partition coefficient (Wildman–Crippen LogP) is 3.05. The number of benzene rings is 2. The largest absolute Gasteiger partial charge is 0.493 e. The lowest BCUT2D eigenvalue weighted by atomic mass is 9.93. The van der Waals surface area contributed by atoms with E-state index in [1.807, 2.05) is 42.5 Å². The van der Waals surface area contributed by atoms with E-state index in [0.29, 0.717) is 24.7 Å². The Morgan fingerprint density at radius 2 is 1.73 bits per heavy atom. The highest BCUT2D eigenvalue weighted by molar-refractivity contribution is 6.00. The van der Waals surface area contributed by atoms with Crippen LogP contribution in [0.2, 0.25) is 0 Å². The van der Waals surface area contributed by atoms with Gasteiger partial charge in [0.15, 0.2) is 17.3 Å². The zero-order valence-corrected chi connectivity index (χ0v) is 17.1. The number of hydrogen-bond donors (Lipinski definition) is 1. The summed E-state index contributed by atoms with van der Waals surface area (Å²) >= 11 is 0. The molecular weight excluding hydrogens is 382 g/mol. The molecule has 1 amide bonds. The first-order chi connectivity index (χ1) is 14.4. The minimum Gasteiger partial charge on any atom is -0.493 e. The van der Waals surface area contributed by atoms with Crippen molar-refractivity contribution in [2.24, 2.45) is 0 Å². The molecule has 0 atom stereocenters. The zero-order valence-electron chi connectivity index (χ0n) is 17.1. The monoisotopic (exact) mass is 407 g/mol. The van der Waals surface area contributed by atoms with E-state index in [1.165, 1.54) is 29.2 Å². The molecule has 0 heterocycles. The van der Waals surface area contributed by atoms with Crippen LogP contribution in [0.25, 0.3) is 0 Å². The van der Waals surface area contributed by atoms with Crippen molar-refractivity contribution >= 4 is 11.7 Å². The van der Waals surface area contributed by atoms with Gasteiger partial charge in [-0.2, -0.15) is 0 Å². The van der Waals surface area contributed by atoms with Crippen LogP contribution in [0.3, 0.4) is 0 Å². The van der Waals surface area contributed by atoms with E-state index in [1.54, 1.807) is 20.2 Å². The van der Waals surface area contributed by atoms with Crippen LogP contribution in [0, 0.1) is 0 Å². The summed E-state index contributed by atoms with van der Waals surface area (Å²) in [6.07, 6.45) is 5.10. The zero-order chi connectivity index (χ0) is 21.6. The lowest BCUT2D eigenvalue weighted by Crippen LogP contribution is -2.36. The fourth-order valence-electron chi connectivity index (χ4n) is 3.09. The molecule has 0 aliphatic heterocycles. The summed E-state index contributed by atoms with van der Waals surface area (Å²) in [4.78, 5) is 25.3. The Morgan fingerprint density at radius 3 is 2.40 bits per heavy atom. The van der Waals surface area contributed by atoms with E-state index in [-0.39, 0.29) is 18.1 Å². The Hall–Kier alpha value is -3.38. The molecule has 156 valence electrons. The molecule has 2 aromatic carbocycles. The number of rotatable bonds is 8. The van der Waals surface area contributed by atoms with Gasteiger partial charge >= 0.3 is 0 Å². The average molecular weight is 407 g/mol. The molecule has 2 aromatic rings. The summed E-state index contributed by atoms with van der Waals surface area (Å²) in [5.74, 6) is 0.751. The van der Waals surface area contributed by atoms with Crippen LogP contribution >= 0.6 is 0 Å². The van der Waals surface area contributed by atoms with Gasteiger partial charge in [0.25, 0.3) is 0 Å². The molecule has 6 heteroatoms. The van der Waals surface area contributed by atoms with E-state index in [4.69, 9.17) is 9.47 Å². The SMILES string of the molecule is COc1ccc(CN(C)C(=O)CC2(O)C=CC(=O)C=C2)cc1OCc1ccccc1. The molecule has 3 rings (SSSR count). The second kappa shape index (κ2) is 9.41. The molecule has 0 saturated carbocycles. The maximum Gasteiger partial charge on any atom is 0.226 e. The normalized spacial score (nSPS) is 14.4. The van der Waals surface area contributed by atoms with Crippen LogP contribution in [0.1, 0.15) is 17.5 Å². The van der Waals surface area contributed by atoms with E-state index < -0.39 is 5.60 Å². The molecular formula is C24H25NO5. The molecule has 0 fully saturated rings. The molecule has 30 heavy (non-hydrogen) atoms. The van der Waals surface area contributed by atoms with Gasteiger partial charge in [0, 0.05) is 13.6 Å². The van der Waals surface area contributed by atoms with Gasteiger partial charge in [-0.1, -0.05) is 36.4 Å². The van der Waals surface area contributed by atoms with Gasteiger partial charge in [0.05, 0.1) is 13.5 Å². The molecule has 1 aliphatic rings. The summed E-state index contributed by atoms with van der Waals surface area (Å²) in [5.41, 5.74) is 0.465. The standard InChI is InChI=1S/C24H25NO5/c1-25(23(27)15-24(28)12-10-20(26)11-13-24)16-19-8-9-21(29-2)22(14-19)30-17-18-6-4-3-5-7-18/h3-14,28H,15-17H2,1-2H3. The highest BCUT2D eigenvalue weighted by Crippen LogP contribution is 2.29. The first-order valence-corrected chi connectivity index (χ1v) is 9.61. The number of ketones is 1. The van der Waals surface area contributed by atoms with Crippen LogP contribution < -0.4 is 9.47 Å². The quantitative estimate of drug-likeness (QED) is 0.728. The van der Waals surface area contributed by atoms with E-state index in [0.717, 1.165) is 11.1 Å². The van der Waals surface area contributed by atoms with E-state index >= 15 is 0 Å². The Labute approximate surface area is 176 Å². The Balaban J connectivity index is 1.65. The third-order valence-electron chi connectivity index (χ3n) is 4.82. The minimum absolute atomic E-state index is 0.142. The number of ether oxygens (including phenoxy) is 2. The fraction of sp³-hybridized carbons (Fsp3) is 0.250. The number of nitrogens with zero attached hydrogens (tertiary/aromatic N) is 1. The third kappa shape index (κ3) is 5.58. The fourth-order valence-corrected chi connectivity index (χ4v) is 3.09. The van der Waals surface area contributed by atoms with Crippen LogP contribution in [0.4, 0.5) is 0 Å². The number of hydrogen-bond acceptors (Lipinski definition) is 5. The predicted molar refractivity (Wildman–Crippen MR) is 113 cm³/mol. The van der Waals surface area contributed by atoms with Crippen molar-refractivity contribution in [3.8, 4) is 11.5 Å². The summed E-state index contributed by atoms with van der Waals surface area (Å²) in [5, 5.41) is 10.5. The van der Waals surface area contributed by atoms with Gasteiger partial charge < -0.3 is 19.5 Å². The average Bonchev–Trinajstić information content (AvgIpc) is 2.75. The van der Waals surface area contributed by atoms with Gasteiger partial charge in [-0.3, -0.25) is 9.59 Å². The molecule has 6 nitrogen and oxygen atoms in total. The van der Waals surface area contributed by atoms with Crippen molar-refractivity contribution < 1.29 is 24.2 Å². The molecule has 0 unspecified atom stereocenters. The topological polar surface area (TPSA) is 76.1 Å². The molecule has 0 saturated heterocycles. The highest BCUT2D eigenvalue weighted by Gasteiger charge is 2.28. The van der Waals surface area contributed by atoms with Gasteiger partial charge in [-0.05, 0) is 47.6 Å². The van der Waals surface area contributed by atoms with Crippen LogP contribution in [0.15, 0.2) is 72.8 Å². The Bertz CT molecular complexity index is 949. The van der Waals surface area contributed by atoms with Crippen LogP contribution in [-0.2, 0) is 22.7 Å². The molecule has 0 spiro atoms. The molecule has 0 radical (unpaired) electrons. The minimum atomic E-state index is -1.44. The van der Waals surface area contributed by atoms with Gasteiger partial charge in [0.1, 0.15) is 12.2 Å². The lowest BCUT2D eigenvalue weighted by molar-refractivity contribution is -0.133.